The summed E-state index contributed by atoms with van der Waals surface area (Å²) in [5.41, 5.74) is 3.29. The van der Waals surface area contributed by atoms with Crippen LogP contribution in [0.1, 0.15) is 55.1 Å². The highest BCUT2D eigenvalue weighted by Gasteiger charge is 2.23. The maximum Gasteiger partial charge on any atom is 0.255 e. The standard InChI is InChI=1S/C21H28N2O3S/c1-14(2)19-9-7-8-16(5)20(19)22-21(24)17-10-12-18(13-11-17)27(25,26)23(6)15(3)4/h7-15H,1-6H3,(H,22,24). The molecule has 0 heterocycles. The van der Waals surface area contributed by atoms with Gasteiger partial charge in [0.2, 0.25) is 10.0 Å². The van der Waals surface area contributed by atoms with Crippen LogP contribution < -0.4 is 5.32 Å². The van der Waals surface area contributed by atoms with Gasteiger partial charge in [-0.2, -0.15) is 4.31 Å². The molecule has 1 N–H and O–H groups in total. The van der Waals surface area contributed by atoms with Crippen molar-refractivity contribution < 1.29 is 13.2 Å². The largest absolute Gasteiger partial charge is 0.321 e. The molecule has 0 fully saturated rings. The van der Waals surface area contributed by atoms with Gasteiger partial charge < -0.3 is 5.32 Å². The van der Waals surface area contributed by atoms with E-state index in [0.29, 0.717) is 5.56 Å². The van der Waals surface area contributed by atoms with Crippen LogP contribution in [0.4, 0.5) is 5.69 Å². The summed E-state index contributed by atoms with van der Waals surface area (Å²) >= 11 is 0. The summed E-state index contributed by atoms with van der Waals surface area (Å²) in [6.07, 6.45) is 0. The summed E-state index contributed by atoms with van der Waals surface area (Å²) in [6, 6.07) is 11.8. The minimum atomic E-state index is -3.56. The summed E-state index contributed by atoms with van der Waals surface area (Å²) in [5, 5.41) is 2.98. The Labute approximate surface area is 162 Å². The van der Waals surface area contributed by atoms with E-state index in [1.807, 2.05) is 39.0 Å². The summed E-state index contributed by atoms with van der Waals surface area (Å²) in [7, 11) is -2.01. The molecule has 0 aliphatic heterocycles. The number of hydrogen-bond acceptors (Lipinski definition) is 3. The molecule has 0 aromatic heterocycles. The molecule has 146 valence electrons. The molecule has 0 spiro atoms. The third-order valence-electron chi connectivity index (χ3n) is 4.69. The molecule has 0 saturated carbocycles. The Hall–Kier alpha value is -2.18. The number of aryl methyl sites for hydroxylation is 1. The van der Waals surface area contributed by atoms with Gasteiger partial charge in [0.25, 0.3) is 5.91 Å². The zero-order chi connectivity index (χ0) is 20.4. The lowest BCUT2D eigenvalue weighted by atomic mass is 9.98. The molecule has 0 saturated heterocycles. The first-order valence-electron chi connectivity index (χ1n) is 9.04. The van der Waals surface area contributed by atoms with Crippen molar-refractivity contribution in [3.63, 3.8) is 0 Å². The van der Waals surface area contributed by atoms with Crippen molar-refractivity contribution in [2.45, 2.75) is 51.5 Å². The van der Waals surface area contributed by atoms with E-state index in [-0.39, 0.29) is 22.8 Å². The second-order valence-electron chi connectivity index (χ2n) is 7.29. The van der Waals surface area contributed by atoms with Crippen LogP contribution in [-0.4, -0.2) is 31.7 Å². The highest BCUT2D eigenvalue weighted by Crippen LogP contribution is 2.28. The number of rotatable bonds is 6. The molecule has 0 atom stereocenters. The summed E-state index contributed by atoms with van der Waals surface area (Å²) < 4.78 is 26.4. The fourth-order valence-corrected chi connectivity index (χ4v) is 4.12. The number of nitrogens with zero attached hydrogens (tertiary/aromatic N) is 1. The monoisotopic (exact) mass is 388 g/mol. The number of benzene rings is 2. The normalized spacial score (nSPS) is 12.0. The highest BCUT2D eigenvalue weighted by atomic mass is 32.2. The van der Waals surface area contributed by atoms with E-state index in [2.05, 4.69) is 19.2 Å². The first-order valence-corrected chi connectivity index (χ1v) is 10.5. The van der Waals surface area contributed by atoms with E-state index in [1.165, 1.54) is 16.4 Å². The van der Waals surface area contributed by atoms with Gasteiger partial charge in [-0.25, -0.2) is 8.42 Å². The second kappa shape index (κ2) is 8.23. The predicted molar refractivity (Wildman–Crippen MR) is 110 cm³/mol. The molecule has 5 nitrogen and oxygen atoms in total. The third kappa shape index (κ3) is 4.57. The van der Waals surface area contributed by atoms with Crippen molar-refractivity contribution in [3.8, 4) is 0 Å². The van der Waals surface area contributed by atoms with Crippen LogP contribution in [0, 0.1) is 6.92 Å². The number of carbonyl (C=O) groups is 1. The average Bonchev–Trinajstić information content (AvgIpc) is 2.62. The van der Waals surface area contributed by atoms with Crippen LogP contribution in [0.2, 0.25) is 0 Å². The number of sulfonamides is 1. The van der Waals surface area contributed by atoms with Gasteiger partial charge in [-0.15, -0.1) is 0 Å². The Balaban J connectivity index is 2.28. The number of carbonyl (C=O) groups excluding carboxylic acids is 1. The van der Waals surface area contributed by atoms with Crippen LogP contribution in [0.25, 0.3) is 0 Å². The van der Waals surface area contributed by atoms with Gasteiger partial charge >= 0.3 is 0 Å². The van der Waals surface area contributed by atoms with Gasteiger partial charge in [0, 0.05) is 24.3 Å². The lowest BCUT2D eigenvalue weighted by Crippen LogP contribution is -2.33. The number of amides is 1. The zero-order valence-electron chi connectivity index (χ0n) is 16.8. The molecule has 1 amide bonds. The SMILES string of the molecule is Cc1cccc(C(C)C)c1NC(=O)c1ccc(S(=O)(=O)N(C)C(C)C)cc1. The maximum atomic E-state index is 12.7. The second-order valence-corrected chi connectivity index (χ2v) is 9.28. The first kappa shape index (κ1) is 21.1. The minimum absolute atomic E-state index is 0.145. The maximum absolute atomic E-state index is 12.7. The Morgan fingerprint density at radius 1 is 1.00 bits per heavy atom. The lowest BCUT2D eigenvalue weighted by Gasteiger charge is -2.21. The van der Waals surface area contributed by atoms with Crippen molar-refractivity contribution in [3.05, 3.63) is 59.2 Å². The first-order chi connectivity index (χ1) is 12.6. The van der Waals surface area contributed by atoms with Crippen molar-refractivity contribution in [2.24, 2.45) is 0 Å². The molecular weight excluding hydrogens is 360 g/mol. The number of anilines is 1. The molecule has 0 unspecified atom stereocenters. The van der Waals surface area contributed by atoms with Crippen LogP contribution in [0.15, 0.2) is 47.4 Å². The molecular formula is C21H28N2O3S. The Kier molecular flexibility index (Phi) is 6.44. The molecule has 6 heteroatoms. The molecule has 27 heavy (non-hydrogen) atoms. The van der Waals surface area contributed by atoms with Crippen molar-refractivity contribution in [2.75, 3.05) is 12.4 Å². The van der Waals surface area contributed by atoms with Gasteiger partial charge in [0.05, 0.1) is 4.90 Å². The molecule has 2 rings (SSSR count). The zero-order valence-corrected chi connectivity index (χ0v) is 17.6. The van der Waals surface area contributed by atoms with Gasteiger partial charge in [0.1, 0.15) is 0 Å². The smallest absolute Gasteiger partial charge is 0.255 e. The lowest BCUT2D eigenvalue weighted by molar-refractivity contribution is 0.102. The van der Waals surface area contributed by atoms with Crippen molar-refractivity contribution in [1.29, 1.82) is 0 Å². The number of hydrogen-bond donors (Lipinski definition) is 1. The van der Waals surface area contributed by atoms with Crippen molar-refractivity contribution in [1.82, 2.24) is 4.31 Å². The molecule has 0 aliphatic carbocycles. The van der Waals surface area contributed by atoms with Crippen molar-refractivity contribution >= 4 is 21.6 Å². The summed E-state index contributed by atoms with van der Waals surface area (Å²) in [4.78, 5) is 12.8. The van der Waals surface area contributed by atoms with E-state index >= 15 is 0 Å². The summed E-state index contributed by atoms with van der Waals surface area (Å²) in [6.45, 7) is 9.74. The Morgan fingerprint density at radius 2 is 1.59 bits per heavy atom. The van der Waals surface area contributed by atoms with E-state index < -0.39 is 10.0 Å². The fraction of sp³-hybridized carbons (Fsp3) is 0.381. The van der Waals surface area contributed by atoms with E-state index in [9.17, 15) is 13.2 Å². The molecule has 2 aromatic carbocycles. The Bertz CT molecular complexity index is 917. The predicted octanol–water partition coefficient (Wildman–Crippen LogP) is 4.40. The van der Waals surface area contributed by atoms with E-state index in [4.69, 9.17) is 0 Å². The quantitative estimate of drug-likeness (QED) is 0.797. The molecule has 2 aromatic rings. The van der Waals surface area contributed by atoms with E-state index in [0.717, 1.165) is 16.8 Å². The average molecular weight is 389 g/mol. The van der Waals surface area contributed by atoms with Crippen LogP contribution >= 0.6 is 0 Å². The van der Waals surface area contributed by atoms with Crippen LogP contribution in [-0.2, 0) is 10.0 Å². The highest BCUT2D eigenvalue weighted by molar-refractivity contribution is 7.89. The summed E-state index contributed by atoms with van der Waals surface area (Å²) in [5.74, 6) is 0.0200. The van der Waals surface area contributed by atoms with Gasteiger partial charge in [-0.1, -0.05) is 32.0 Å². The van der Waals surface area contributed by atoms with Crippen LogP contribution in [0.3, 0.4) is 0 Å². The third-order valence-corrected chi connectivity index (χ3v) is 6.73. The minimum Gasteiger partial charge on any atom is -0.321 e. The molecule has 0 bridgehead atoms. The fourth-order valence-electron chi connectivity index (χ4n) is 2.75. The van der Waals surface area contributed by atoms with Gasteiger partial charge in [-0.3, -0.25) is 4.79 Å². The number of para-hydroxylation sites is 1. The van der Waals surface area contributed by atoms with Crippen LogP contribution in [0.5, 0.6) is 0 Å². The topological polar surface area (TPSA) is 66.5 Å². The van der Waals surface area contributed by atoms with Gasteiger partial charge in [0.15, 0.2) is 0 Å². The number of nitrogens with one attached hydrogen (secondary N) is 1. The Morgan fingerprint density at radius 3 is 2.11 bits per heavy atom. The van der Waals surface area contributed by atoms with E-state index in [1.54, 1.807) is 19.2 Å². The molecule has 0 aliphatic rings. The van der Waals surface area contributed by atoms with Gasteiger partial charge in [-0.05, 0) is 62.1 Å². The molecule has 0 radical (unpaired) electrons.